The number of thiazole rings is 1. The molecule has 6 heteroatoms. The number of nitrogens with two attached hydrogens (primary N) is 1. The minimum atomic E-state index is 0.612. The zero-order valence-corrected chi connectivity index (χ0v) is 13.7. The van der Waals surface area contributed by atoms with Crippen LogP contribution in [0.5, 0.6) is 11.5 Å². The van der Waals surface area contributed by atoms with Gasteiger partial charge in [-0.05, 0) is 37.2 Å². The molecule has 0 bridgehead atoms. The van der Waals surface area contributed by atoms with Crippen LogP contribution in [-0.4, -0.2) is 31.2 Å². The van der Waals surface area contributed by atoms with Gasteiger partial charge in [0.05, 0.1) is 14.2 Å². The number of benzene rings is 1. The second-order valence-electron chi connectivity index (χ2n) is 4.97. The summed E-state index contributed by atoms with van der Waals surface area (Å²) in [5.74, 6) is 1.52. The molecule has 2 N–H and O–H groups in total. The number of anilines is 1. The number of ether oxygens (including phenoxy) is 2. The molecule has 0 aliphatic rings. The highest BCUT2D eigenvalue weighted by Gasteiger charge is 2.11. The van der Waals surface area contributed by atoms with E-state index in [1.165, 1.54) is 22.5 Å². The van der Waals surface area contributed by atoms with E-state index in [0.717, 1.165) is 29.5 Å². The average Bonchev–Trinajstić information content (AvgIpc) is 2.85. The van der Waals surface area contributed by atoms with Crippen molar-refractivity contribution in [1.82, 2.24) is 9.88 Å². The molecule has 5 nitrogen and oxygen atoms in total. The lowest BCUT2D eigenvalue weighted by molar-refractivity contribution is 0.318. The van der Waals surface area contributed by atoms with Crippen molar-refractivity contribution in [1.29, 1.82) is 0 Å². The Labute approximate surface area is 129 Å². The van der Waals surface area contributed by atoms with E-state index in [1.54, 1.807) is 14.2 Å². The number of aromatic nitrogens is 1. The van der Waals surface area contributed by atoms with Crippen molar-refractivity contribution in [2.75, 3.05) is 27.0 Å². The molecule has 1 aromatic heterocycles. The Kier molecular flexibility index (Phi) is 5.03. The number of nitrogen functional groups attached to an aromatic ring is 1. The smallest absolute Gasteiger partial charge is 0.180 e. The second kappa shape index (κ2) is 6.78. The lowest BCUT2D eigenvalue weighted by Gasteiger charge is -2.18. The molecule has 0 aliphatic carbocycles. The summed E-state index contributed by atoms with van der Waals surface area (Å²) in [6.45, 7) is 3.72. The zero-order chi connectivity index (χ0) is 15.4. The summed E-state index contributed by atoms with van der Waals surface area (Å²) in [6.07, 6.45) is 1.83. The predicted octanol–water partition coefficient (Wildman–Crippen LogP) is 2.68. The Morgan fingerprint density at radius 1 is 1.19 bits per heavy atom. The van der Waals surface area contributed by atoms with E-state index in [1.807, 2.05) is 18.3 Å². The molecule has 2 aromatic rings. The van der Waals surface area contributed by atoms with Gasteiger partial charge in [-0.15, -0.1) is 11.3 Å². The molecule has 1 heterocycles. The van der Waals surface area contributed by atoms with Crippen LogP contribution in [0.3, 0.4) is 0 Å². The molecule has 0 unspecified atom stereocenters. The largest absolute Gasteiger partial charge is 0.493 e. The topological polar surface area (TPSA) is 60.6 Å². The molecule has 0 radical (unpaired) electrons. The first-order valence-corrected chi connectivity index (χ1v) is 7.45. The number of hydrogen-bond acceptors (Lipinski definition) is 6. The third-order valence-electron chi connectivity index (χ3n) is 3.28. The van der Waals surface area contributed by atoms with E-state index in [9.17, 15) is 0 Å². The minimum Gasteiger partial charge on any atom is -0.493 e. The van der Waals surface area contributed by atoms with Crippen LogP contribution < -0.4 is 15.2 Å². The molecule has 21 heavy (non-hydrogen) atoms. The summed E-state index contributed by atoms with van der Waals surface area (Å²) in [7, 11) is 5.38. The Morgan fingerprint density at radius 3 is 2.43 bits per heavy atom. The second-order valence-corrected chi connectivity index (χ2v) is 6.12. The summed E-state index contributed by atoms with van der Waals surface area (Å²) >= 11 is 1.52. The molecule has 114 valence electrons. The molecule has 1 aromatic carbocycles. The van der Waals surface area contributed by atoms with Crippen LogP contribution >= 0.6 is 11.3 Å². The van der Waals surface area contributed by atoms with Crippen LogP contribution in [0.15, 0.2) is 18.3 Å². The first-order chi connectivity index (χ1) is 10.0. The molecule has 0 saturated carbocycles. The van der Waals surface area contributed by atoms with Gasteiger partial charge in [0.15, 0.2) is 16.6 Å². The number of nitrogens with zero attached hydrogens (tertiary/aromatic N) is 2. The van der Waals surface area contributed by atoms with Gasteiger partial charge in [0.2, 0.25) is 0 Å². The van der Waals surface area contributed by atoms with Crippen molar-refractivity contribution in [2.45, 2.75) is 20.0 Å². The van der Waals surface area contributed by atoms with E-state index >= 15 is 0 Å². The number of aryl methyl sites for hydroxylation is 1. The Morgan fingerprint density at radius 2 is 1.86 bits per heavy atom. The third kappa shape index (κ3) is 3.86. The van der Waals surface area contributed by atoms with Gasteiger partial charge in [0.1, 0.15) is 0 Å². The van der Waals surface area contributed by atoms with Gasteiger partial charge < -0.3 is 15.2 Å². The van der Waals surface area contributed by atoms with Gasteiger partial charge in [-0.1, -0.05) is 0 Å². The fourth-order valence-electron chi connectivity index (χ4n) is 2.20. The van der Waals surface area contributed by atoms with Crippen molar-refractivity contribution in [3.05, 3.63) is 34.3 Å². The molecule has 0 spiro atoms. The third-order valence-corrected chi connectivity index (χ3v) is 4.09. The van der Waals surface area contributed by atoms with Crippen molar-refractivity contribution in [3.8, 4) is 11.5 Å². The number of rotatable bonds is 6. The summed E-state index contributed by atoms with van der Waals surface area (Å²) in [5, 5.41) is 0.612. The summed E-state index contributed by atoms with van der Waals surface area (Å²) in [4.78, 5) is 7.46. The standard InChI is InChI=1S/C15H21N3O2S/c1-10-5-13(19-3)14(20-4)6-11(10)8-18(2)9-12-7-17-15(16)21-12/h5-7H,8-9H2,1-4H3,(H2,16,17). The van der Waals surface area contributed by atoms with E-state index in [0.29, 0.717) is 5.13 Å². The van der Waals surface area contributed by atoms with Crippen molar-refractivity contribution in [2.24, 2.45) is 0 Å². The Bertz CT molecular complexity index is 613. The molecule has 0 fully saturated rings. The highest BCUT2D eigenvalue weighted by atomic mass is 32.1. The monoisotopic (exact) mass is 307 g/mol. The highest BCUT2D eigenvalue weighted by Crippen LogP contribution is 2.31. The SMILES string of the molecule is COc1cc(C)c(CN(C)Cc2cnc(N)s2)cc1OC. The molecular formula is C15H21N3O2S. The van der Waals surface area contributed by atoms with Gasteiger partial charge in [-0.2, -0.15) is 0 Å². The molecule has 0 atom stereocenters. The highest BCUT2D eigenvalue weighted by molar-refractivity contribution is 7.15. The van der Waals surface area contributed by atoms with Crippen LogP contribution in [0.1, 0.15) is 16.0 Å². The fraction of sp³-hybridized carbons (Fsp3) is 0.400. The molecule has 2 rings (SSSR count). The van der Waals surface area contributed by atoms with Gasteiger partial charge in [-0.3, -0.25) is 4.90 Å². The van der Waals surface area contributed by atoms with Gasteiger partial charge in [-0.25, -0.2) is 4.98 Å². The van der Waals surface area contributed by atoms with Crippen LogP contribution in [0.2, 0.25) is 0 Å². The van der Waals surface area contributed by atoms with Gasteiger partial charge in [0, 0.05) is 24.2 Å². The predicted molar refractivity (Wildman–Crippen MR) is 86.0 cm³/mol. The summed E-state index contributed by atoms with van der Waals surface area (Å²) in [6, 6.07) is 4.04. The quantitative estimate of drug-likeness (QED) is 0.889. The lowest BCUT2D eigenvalue weighted by atomic mass is 10.1. The van der Waals surface area contributed by atoms with Crippen molar-refractivity contribution >= 4 is 16.5 Å². The van der Waals surface area contributed by atoms with E-state index in [4.69, 9.17) is 15.2 Å². The summed E-state index contributed by atoms with van der Waals surface area (Å²) < 4.78 is 10.7. The van der Waals surface area contributed by atoms with Gasteiger partial charge >= 0.3 is 0 Å². The minimum absolute atomic E-state index is 0.612. The maximum Gasteiger partial charge on any atom is 0.180 e. The van der Waals surface area contributed by atoms with Crippen molar-refractivity contribution < 1.29 is 9.47 Å². The molecule has 0 amide bonds. The van der Waals surface area contributed by atoms with Crippen molar-refractivity contribution in [3.63, 3.8) is 0 Å². The van der Waals surface area contributed by atoms with Crippen LogP contribution in [0.4, 0.5) is 5.13 Å². The summed E-state index contributed by atoms with van der Waals surface area (Å²) in [5.41, 5.74) is 8.06. The normalized spacial score (nSPS) is 10.9. The Balaban J connectivity index is 2.11. The number of methoxy groups -OCH3 is 2. The lowest BCUT2D eigenvalue weighted by Crippen LogP contribution is -2.17. The Hall–Kier alpha value is -1.79. The molecule has 0 saturated heterocycles. The van der Waals surface area contributed by atoms with E-state index < -0.39 is 0 Å². The van der Waals surface area contributed by atoms with Crippen LogP contribution in [0.25, 0.3) is 0 Å². The first-order valence-electron chi connectivity index (χ1n) is 6.63. The zero-order valence-electron chi connectivity index (χ0n) is 12.8. The van der Waals surface area contributed by atoms with E-state index in [2.05, 4.69) is 23.9 Å². The molecule has 0 aliphatic heterocycles. The van der Waals surface area contributed by atoms with Crippen LogP contribution in [0, 0.1) is 6.92 Å². The van der Waals surface area contributed by atoms with E-state index in [-0.39, 0.29) is 0 Å². The maximum atomic E-state index is 5.66. The van der Waals surface area contributed by atoms with Crippen LogP contribution in [-0.2, 0) is 13.1 Å². The number of hydrogen-bond donors (Lipinski definition) is 1. The first kappa shape index (κ1) is 15.6. The molecular weight excluding hydrogens is 286 g/mol. The maximum absolute atomic E-state index is 5.66. The van der Waals surface area contributed by atoms with Gasteiger partial charge in [0.25, 0.3) is 0 Å². The fourth-order valence-corrected chi connectivity index (χ4v) is 2.97. The average molecular weight is 307 g/mol.